The van der Waals surface area contributed by atoms with E-state index in [4.69, 9.17) is 0 Å². The van der Waals surface area contributed by atoms with Gasteiger partial charge in [0.25, 0.3) is 0 Å². The van der Waals surface area contributed by atoms with E-state index in [1.165, 1.54) is 3.57 Å². The highest BCUT2D eigenvalue weighted by Gasteiger charge is 2.28. The minimum atomic E-state index is -0.303. The third-order valence-corrected chi connectivity index (χ3v) is 3.82. The molecule has 2 rings (SSSR count). The number of nitrogens with zero attached hydrogens (tertiary/aromatic N) is 1. The van der Waals surface area contributed by atoms with Crippen molar-refractivity contribution in [3.8, 4) is 0 Å². The van der Waals surface area contributed by atoms with Crippen molar-refractivity contribution in [3.05, 3.63) is 27.8 Å². The normalized spacial score (nSPS) is 20.1. The monoisotopic (exact) mass is 343 g/mol. The van der Waals surface area contributed by atoms with Gasteiger partial charge in [-0.25, -0.2) is 0 Å². The largest absolute Gasteiger partial charge is 0.361 e. The van der Waals surface area contributed by atoms with E-state index in [-0.39, 0.29) is 11.8 Å². The summed E-state index contributed by atoms with van der Waals surface area (Å²) in [6.45, 7) is 0.852. The van der Waals surface area contributed by atoms with Gasteiger partial charge in [-0.3, -0.25) is 9.59 Å². The molecule has 1 aromatic carbocycles. The topological polar surface area (TPSA) is 37.4 Å². The summed E-state index contributed by atoms with van der Waals surface area (Å²) in [7, 11) is 0. The second-order valence-corrected chi connectivity index (χ2v) is 5.45. The highest BCUT2D eigenvalue weighted by molar-refractivity contribution is 14.1. The van der Waals surface area contributed by atoms with Gasteiger partial charge < -0.3 is 4.90 Å². The van der Waals surface area contributed by atoms with Crippen LogP contribution in [0.15, 0.2) is 24.3 Å². The standard InChI is InChI=1S/C13H14INO2/c14-10-4-6-11(7-5-10)15-8-2-1-3-12(15)13(17)9-16/h4-7,9,12H,1-3,8H2. The Labute approximate surface area is 114 Å². The van der Waals surface area contributed by atoms with Crippen LogP contribution in [0.25, 0.3) is 0 Å². The predicted octanol–water partition coefficient (Wildman–Crippen LogP) is 2.42. The maximum Gasteiger partial charge on any atom is 0.217 e. The molecule has 1 fully saturated rings. The molecule has 0 aliphatic carbocycles. The van der Waals surface area contributed by atoms with Crippen molar-refractivity contribution in [2.24, 2.45) is 0 Å². The van der Waals surface area contributed by atoms with Crippen LogP contribution in [0.1, 0.15) is 19.3 Å². The lowest BCUT2D eigenvalue weighted by Gasteiger charge is -2.35. The van der Waals surface area contributed by atoms with Gasteiger partial charge in [-0.2, -0.15) is 0 Å². The number of carbonyl (C=O) groups excluding carboxylic acids is 2. The molecule has 1 atom stereocenters. The summed E-state index contributed by atoms with van der Waals surface area (Å²) in [5.41, 5.74) is 1.03. The van der Waals surface area contributed by atoms with Crippen LogP contribution in [0.3, 0.4) is 0 Å². The lowest BCUT2D eigenvalue weighted by atomic mass is 9.98. The van der Waals surface area contributed by atoms with Crippen molar-refractivity contribution < 1.29 is 9.59 Å². The van der Waals surface area contributed by atoms with Crippen molar-refractivity contribution in [3.63, 3.8) is 0 Å². The molecule has 0 N–H and O–H groups in total. The zero-order chi connectivity index (χ0) is 12.3. The maximum atomic E-state index is 11.6. The predicted molar refractivity (Wildman–Crippen MR) is 75.2 cm³/mol. The van der Waals surface area contributed by atoms with Crippen LogP contribution in [-0.2, 0) is 9.59 Å². The molecule has 0 radical (unpaired) electrons. The van der Waals surface area contributed by atoms with Crippen LogP contribution < -0.4 is 4.90 Å². The quantitative estimate of drug-likeness (QED) is 0.481. The second-order valence-electron chi connectivity index (χ2n) is 4.20. The van der Waals surface area contributed by atoms with Gasteiger partial charge in [0, 0.05) is 15.8 Å². The van der Waals surface area contributed by atoms with Gasteiger partial charge in [0.2, 0.25) is 5.78 Å². The highest BCUT2D eigenvalue weighted by Crippen LogP contribution is 2.25. The Kier molecular flexibility index (Phi) is 4.15. The van der Waals surface area contributed by atoms with Gasteiger partial charge in [0.15, 0.2) is 6.29 Å². The molecule has 4 heteroatoms. The van der Waals surface area contributed by atoms with E-state index in [9.17, 15) is 9.59 Å². The number of rotatable bonds is 3. The molecule has 1 unspecified atom stereocenters. The molecule has 1 heterocycles. The third-order valence-electron chi connectivity index (χ3n) is 3.11. The fourth-order valence-electron chi connectivity index (χ4n) is 2.25. The molecular formula is C13H14INO2. The van der Waals surface area contributed by atoms with Gasteiger partial charge >= 0.3 is 0 Å². The van der Waals surface area contributed by atoms with Gasteiger partial charge in [0.1, 0.15) is 0 Å². The van der Waals surface area contributed by atoms with E-state index < -0.39 is 0 Å². The van der Waals surface area contributed by atoms with Crippen LogP contribution >= 0.6 is 22.6 Å². The van der Waals surface area contributed by atoms with E-state index in [1.54, 1.807) is 0 Å². The molecule has 0 amide bonds. The zero-order valence-electron chi connectivity index (χ0n) is 9.43. The van der Waals surface area contributed by atoms with Gasteiger partial charge in [-0.1, -0.05) is 0 Å². The van der Waals surface area contributed by atoms with E-state index >= 15 is 0 Å². The molecular weight excluding hydrogens is 329 g/mol. The SMILES string of the molecule is O=CC(=O)C1CCCCN1c1ccc(I)cc1. The van der Waals surface area contributed by atoms with Crippen LogP contribution in [0, 0.1) is 3.57 Å². The number of ketones is 1. The first-order valence-electron chi connectivity index (χ1n) is 5.73. The maximum absolute atomic E-state index is 11.6. The van der Waals surface area contributed by atoms with Crippen molar-refractivity contribution in [1.82, 2.24) is 0 Å². The highest BCUT2D eigenvalue weighted by atomic mass is 127. The third kappa shape index (κ3) is 2.86. The molecule has 90 valence electrons. The number of aldehydes is 1. The Bertz CT molecular complexity index is 416. The minimum absolute atomic E-state index is 0.263. The van der Waals surface area contributed by atoms with Crippen molar-refractivity contribution >= 4 is 40.3 Å². The number of halogens is 1. The molecule has 0 aromatic heterocycles. The first-order chi connectivity index (χ1) is 8.22. The Hall–Kier alpha value is -0.910. The van der Waals surface area contributed by atoms with E-state index in [0.717, 1.165) is 31.5 Å². The number of hydrogen-bond acceptors (Lipinski definition) is 3. The van der Waals surface area contributed by atoms with Gasteiger partial charge in [0.05, 0.1) is 6.04 Å². The molecule has 17 heavy (non-hydrogen) atoms. The minimum Gasteiger partial charge on any atom is -0.361 e. The number of anilines is 1. The molecule has 1 saturated heterocycles. The lowest BCUT2D eigenvalue weighted by molar-refractivity contribution is -0.131. The first-order valence-corrected chi connectivity index (χ1v) is 6.81. The Morgan fingerprint density at radius 2 is 2.00 bits per heavy atom. The number of benzene rings is 1. The number of Topliss-reactive ketones (excluding diaryl/α,β-unsaturated/α-hetero) is 1. The summed E-state index contributed by atoms with van der Waals surface area (Å²) in [6.07, 6.45) is 3.33. The summed E-state index contributed by atoms with van der Waals surface area (Å²) < 4.78 is 1.17. The zero-order valence-corrected chi connectivity index (χ0v) is 11.6. The van der Waals surface area contributed by atoms with E-state index in [1.807, 2.05) is 24.3 Å². The van der Waals surface area contributed by atoms with Crippen molar-refractivity contribution in [2.75, 3.05) is 11.4 Å². The van der Waals surface area contributed by atoms with Crippen molar-refractivity contribution in [1.29, 1.82) is 0 Å². The summed E-state index contributed by atoms with van der Waals surface area (Å²) in [5.74, 6) is -0.303. The molecule has 0 bridgehead atoms. The van der Waals surface area contributed by atoms with Crippen LogP contribution in [0.2, 0.25) is 0 Å². The van der Waals surface area contributed by atoms with Gasteiger partial charge in [-0.05, 0) is 66.1 Å². The Morgan fingerprint density at radius 1 is 1.29 bits per heavy atom. The molecule has 1 aromatic rings. The van der Waals surface area contributed by atoms with Crippen LogP contribution in [0.4, 0.5) is 5.69 Å². The molecule has 0 spiro atoms. The van der Waals surface area contributed by atoms with Crippen LogP contribution in [-0.4, -0.2) is 24.7 Å². The first kappa shape index (κ1) is 12.5. The average Bonchev–Trinajstić information content (AvgIpc) is 2.39. The molecule has 1 aliphatic heterocycles. The molecule has 1 aliphatic rings. The Morgan fingerprint density at radius 3 is 2.65 bits per heavy atom. The fourth-order valence-corrected chi connectivity index (χ4v) is 2.61. The lowest BCUT2D eigenvalue weighted by Crippen LogP contribution is -2.45. The van der Waals surface area contributed by atoms with E-state index in [2.05, 4.69) is 27.5 Å². The smallest absolute Gasteiger partial charge is 0.217 e. The number of piperidine rings is 1. The molecule has 3 nitrogen and oxygen atoms in total. The number of hydrogen-bond donors (Lipinski definition) is 0. The van der Waals surface area contributed by atoms with Crippen LogP contribution in [0.5, 0.6) is 0 Å². The molecule has 0 saturated carbocycles. The van der Waals surface area contributed by atoms with E-state index in [0.29, 0.717) is 6.29 Å². The summed E-state index contributed by atoms with van der Waals surface area (Å²) in [5, 5.41) is 0. The average molecular weight is 343 g/mol. The summed E-state index contributed by atoms with van der Waals surface area (Å²) in [4.78, 5) is 24.3. The second kappa shape index (κ2) is 5.62. The Balaban J connectivity index is 2.24. The van der Waals surface area contributed by atoms with Crippen molar-refractivity contribution in [2.45, 2.75) is 25.3 Å². The summed E-state index contributed by atoms with van der Waals surface area (Å²) in [6, 6.07) is 7.80. The summed E-state index contributed by atoms with van der Waals surface area (Å²) >= 11 is 2.25. The fraction of sp³-hybridized carbons (Fsp3) is 0.385. The number of carbonyl (C=O) groups is 2. The van der Waals surface area contributed by atoms with Gasteiger partial charge in [-0.15, -0.1) is 0 Å².